The minimum absolute atomic E-state index is 0.0730. The summed E-state index contributed by atoms with van der Waals surface area (Å²) in [5.74, 6) is 6.90. The van der Waals surface area contributed by atoms with Crippen molar-refractivity contribution in [2.24, 2.45) is 0 Å². The number of benzene rings is 2. The number of amides is 1. The third kappa shape index (κ3) is 5.79. The van der Waals surface area contributed by atoms with Gasteiger partial charge in [0.25, 0.3) is 0 Å². The van der Waals surface area contributed by atoms with E-state index < -0.39 is 0 Å². The van der Waals surface area contributed by atoms with Crippen LogP contribution < -0.4 is 15.5 Å². The van der Waals surface area contributed by atoms with Crippen LogP contribution in [-0.2, 0) is 16.8 Å². The Morgan fingerprint density at radius 1 is 1.12 bits per heavy atom. The van der Waals surface area contributed by atoms with Gasteiger partial charge < -0.3 is 15.5 Å². The summed E-state index contributed by atoms with van der Waals surface area (Å²) in [6.07, 6.45) is 0. The van der Waals surface area contributed by atoms with Gasteiger partial charge in [0.1, 0.15) is 18.2 Å². The zero-order valence-corrected chi connectivity index (χ0v) is 19.5. The van der Waals surface area contributed by atoms with Crippen molar-refractivity contribution in [2.45, 2.75) is 44.9 Å². The SMILES string of the molecule is CCN(C(=O)CSc1nnc(COc2ccc(C(C)(C)C)cc2)n1N)c1ccc(F)cc1. The van der Waals surface area contributed by atoms with E-state index in [-0.39, 0.29) is 29.5 Å². The van der Waals surface area contributed by atoms with E-state index in [1.807, 2.05) is 31.2 Å². The molecule has 3 aromatic rings. The van der Waals surface area contributed by atoms with E-state index >= 15 is 0 Å². The molecule has 2 aromatic carbocycles. The van der Waals surface area contributed by atoms with Gasteiger partial charge in [-0.1, -0.05) is 44.7 Å². The van der Waals surface area contributed by atoms with Crippen LogP contribution in [0.25, 0.3) is 0 Å². The lowest BCUT2D eigenvalue weighted by Crippen LogP contribution is -2.32. The highest BCUT2D eigenvalue weighted by Crippen LogP contribution is 2.25. The second kappa shape index (κ2) is 10.0. The Bertz CT molecular complexity index is 1050. The molecule has 3 rings (SSSR count). The Hall–Kier alpha value is -3.07. The first-order chi connectivity index (χ1) is 15.2. The van der Waals surface area contributed by atoms with Crippen molar-refractivity contribution in [1.29, 1.82) is 0 Å². The Kier molecular flexibility index (Phi) is 7.40. The third-order valence-electron chi connectivity index (χ3n) is 4.90. The minimum Gasteiger partial charge on any atom is -0.486 e. The predicted molar refractivity (Wildman–Crippen MR) is 125 cm³/mol. The molecule has 0 aliphatic heterocycles. The Morgan fingerprint density at radius 3 is 2.38 bits per heavy atom. The number of aromatic nitrogens is 3. The van der Waals surface area contributed by atoms with Crippen LogP contribution in [0.4, 0.5) is 10.1 Å². The number of anilines is 1. The average molecular weight is 458 g/mol. The molecule has 0 saturated heterocycles. The van der Waals surface area contributed by atoms with Gasteiger partial charge in [-0.15, -0.1) is 10.2 Å². The third-order valence-corrected chi connectivity index (χ3v) is 5.83. The van der Waals surface area contributed by atoms with Crippen molar-refractivity contribution in [1.82, 2.24) is 14.9 Å². The monoisotopic (exact) mass is 457 g/mol. The number of nitrogens with two attached hydrogens (primary N) is 1. The number of nitrogens with zero attached hydrogens (tertiary/aromatic N) is 4. The van der Waals surface area contributed by atoms with Gasteiger partial charge in [-0.2, -0.15) is 0 Å². The molecule has 0 bridgehead atoms. The first-order valence-corrected chi connectivity index (χ1v) is 11.3. The van der Waals surface area contributed by atoms with E-state index in [1.165, 1.54) is 34.1 Å². The van der Waals surface area contributed by atoms with Crippen molar-refractivity contribution in [2.75, 3.05) is 23.0 Å². The molecule has 0 radical (unpaired) electrons. The maximum Gasteiger partial charge on any atom is 0.237 e. The quantitative estimate of drug-likeness (QED) is 0.404. The van der Waals surface area contributed by atoms with Gasteiger partial charge in [-0.3, -0.25) is 4.79 Å². The maximum atomic E-state index is 13.2. The molecule has 1 heterocycles. The topological polar surface area (TPSA) is 86.3 Å². The molecule has 7 nitrogen and oxygen atoms in total. The summed E-state index contributed by atoms with van der Waals surface area (Å²) in [5, 5.41) is 8.55. The van der Waals surface area contributed by atoms with Gasteiger partial charge in [0, 0.05) is 12.2 Å². The highest BCUT2D eigenvalue weighted by molar-refractivity contribution is 7.99. The van der Waals surface area contributed by atoms with Crippen LogP contribution in [0.5, 0.6) is 5.75 Å². The number of halogens is 1. The van der Waals surface area contributed by atoms with Gasteiger partial charge in [0.2, 0.25) is 11.1 Å². The smallest absolute Gasteiger partial charge is 0.237 e. The number of carbonyl (C=O) groups is 1. The fraction of sp³-hybridized carbons (Fsp3) is 0.348. The fourth-order valence-electron chi connectivity index (χ4n) is 3.03. The summed E-state index contributed by atoms with van der Waals surface area (Å²) < 4.78 is 20.3. The lowest BCUT2D eigenvalue weighted by Gasteiger charge is -2.20. The van der Waals surface area contributed by atoms with E-state index in [4.69, 9.17) is 10.6 Å². The summed E-state index contributed by atoms with van der Waals surface area (Å²) in [4.78, 5) is 14.2. The molecule has 1 aromatic heterocycles. The predicted octanol–water partition coefficient (Wildman–Crippen LogP) is 4.15. The van der Waals surface area contributed by atoms with Crippen LogP contribution in [0.15, 0.2) is 53.7 Å². The molecule has 0 aliphatic carbocycles. The summed E-state index contributed by atoms with van der Waals surface area (Å²) in [5.41, 5.74) is 1.93. The van der Waals surface area contributed by atoms with E-state index in [9.17, 15) is 9.18 Å². The first kappa shape index (κ1) is 23.6. The molecule has 170 valence electrons. The van der Waals surface area contributed by atoms with Crippen molar-refractivity contribution < 1.29 is 13.9 Å². The highest BCUT2D eigenvalue weighted by atomic mass is 32.2. The lowest BCUT2D eigenvalue weighted by molar-refractivity contribution is -0.116. The van der Waals surface area contributed by atoms with Crippen LogP contribution in [0, 0.1) is 5.82 Å². The van der Waals surface area contributed by atoms with E-state index in [0.29, 0.717) is 29.0 Å². The molecular formula is C23H28FN5O2S. The first-order valence-electron chi connectivity index (χ1n) is 10.3. The van der Waals surface area contributed by atoms with Gasteiger partial charge in [-0.05, 0) is 54.3 Å². The summed E-state index contributed by atoms with van der Waals surface area (Å²) in [6, 6.07) is 13.7. The van der Waals surface area contributed by atoms with E-state index in [2.05, 4.69) is 31.0 Å². The van der Waals surface area contributed by atoms with Gasteiger partial charge in [0.05, 0.1) is 5.75 Å². The molecule has 32 heavy (non-hydrogen) atoms. The van der Waals surface area contributed by atoms with Gasteiger partial charge in [-0.25, -0.2) is 9.07 Å². The average Bonchev–Trinajstić information content (AvgIpc) is 3.11. The molecule has 0 unspecified atom stereocenters. The molecule has 0 saturated carbocycles. The van der Waals surface area contributed by atoms with Crippen LogP contribution in [-0.4, -0.2) is 33.1 Å². The molecule has 0 fully saturated rings. The standard InChI is InChI=1S/C23H28FN5O2S/c1-5-28(18-10-8-17(24)9-11-18)21(30)15-32-22-27-26-20(29(22)25)14-31-19-12-6-16(7-13-19)23(2,3)4/h6-13H,5,14-15,25H2,1-4H3. The second-order valence-electron chi connectivity index (χ2n) is 8.23. The number of carbonyl (C=O) groups excluding carboxylic acids is 1. The number of hydrogen-bond acceptors (Lipinski definition) is 6. The van der Waals surface area contributed by atoms with Crippen LogP contribution >= 0.6 is 11.8 Å². The Labute approximate surface area is 191 Å². The molecular weight excluding hydrogens is 429 g/mol. The molecule has 1 amide bonds. The molecule has 9 heteroatoms. The number of ether oxygens (including phenoxy) is 1. The Balaban J connectivity index is 1.57. The summed E-state index contributed by atoms with van der Waals surface area (Å²) in [7, 11) is 0. The van der Waals surface area contributed by atoms with Crippen molar-refractivity contribution in [3.8, 4) is 5.75 Å². The largest absolute Gasteiger partial charge is 0.486 e. The van der Waals surface area contributed by atoms with Crippen molar-refractivity contribution in [3.63, 3.8) is 0 Å². The maximum absolute atomic E-state index is 13.2. The minimum atomic E-state index is -0.345. The normalized spacial score (nSPS) is 11.4. The summed E-state index contributed by atoms with van der Waals surface area (Å²) in [6.45, 7) is 8.95. The van der Waals surface area contributed by atoms with Gasteiger partial charge >= 0.3 is 0 Å². The van der Waals surface area contributed by atoms with Gasteiger partial charge in [0.15, 0.2) is 5.82 Å². The van der Waals surface area contributed by atoms with Crippen LogP contribution in [0.2, 0.25) is 0 Å². The molecule has 0 spiro atoms. The number of rotatable bonds is 8. The Morgan fingerprint density at radius 2 is 1.78 bits per heavy atom. The lowest BCUT2D eigenvalue weighted by atomic mass is 9.87. The number of nitrogen functional groups attached to an aromatic ring is 1. The van der Waals surface area contributed by atoms with Crippen LogP contribution in [0.1, 0.15) is 39.1 Å². The zero-order chi connectivity index (χ0) is 23.3. The molecule has 0 atom stereocenters. The molecule has 2 N–H and O–H groups in total. The summed E-state index contributed by atoms with van der Waals surface area (Å²) >= 11 is 1.19. The van der Waals surface area contributed by atoms with E-state index in [1.54, 1.807) is 17.0 Å². The van der Waals surface area contributed by atoms with E-state index in [0.717, 1.165) is 0 Å². The zero-order valence-electron chi connectivity index (χ0n) is 18.7. The second-order valence-corrected chi connectivity index (χ2v) is 9.18. The fourth-order valence-corrected chi connectivity index (χ4v) is 3.78. The van der Waals surface area contributed by atoms with Crippen molar-refractivity contribution >= 4 is 23.4 Å². The van der Waals surface area contributed by atoms with Crippen molar-refractivity contribution in [3.05, 3.63) is 65.7 Å². The number of hydrogen-bond donors (Lipinski definition) is 1. The highest BCUT2D eigenvalue weighted by Gasteiger charge is 2.18. The number of thioether (sulfide) groups is 1. The molecule has 0 aliphatic rings. The van der Waals surface area contributed by atoms with Crippen LogP contribution in [0.3, 0.4) is 0 Å².